The van der Waals surface area contributed by atoms with Crippen LogP contribution in [-0.2, 0) is 33.1 Å². The largest absolute Gasteiger partial charge is 0.508 e. The lowest BCUT2D eigenvalue weighted by molar-refractivity contribution is -0.142. The Kier molecular flexibility index (Phi) is 6.85. The lowest BCUT2D eigenvalue weighted by atomic mass is 9.93. The molecule has 0 aromatic heterocycles. The van der Waals surface area contributed by atoms with Crippen molar-refractivity contribution in [2.75, 3.05) is 13.3 Å². The predicted molar refractivity (Wildman–Crippen MR) is 107 cm³/mol. The molecule has 0 bridgehead atoms. The van der Waals surface area contributed by atoms with Crippen molar-refractivity contribution in [3.8, 4) is 5.75 Å². The van der Waals surface area contributed by atoms with E-state index < -0.39 is 7.37 Å². The number of phenolic OH excluding ortho intramolecular Hbond substituents is 1. The van der Waals surface area contributed by atoms with Crippen LogP contribution in [0.25, 0.3) is 0 Å². The van der Waals surface area contributed by atoms with Crippen molar-refractivity contribution in [3.05, 3.63) is 63.7 Å². The van der Waals surface area contributed by atoms with Gasteiger partial charge < -0.3 is 14.7 Å². The standard InChI is InChI=1S/C21H27O5P/c1-5-26-21(23)12-18-10-16(6-7-20(18)22)11-19-14(2)8-17(9-15(19)3)13-27(4,24)25/h6-10,22H,5,11-13H2,1-4H3,(H,24,25). The van der Waals surface area contributed by atoms with Crippen LogP contribution in [0.5, 0.6) is 5.75 Å². The molecule has 0 heterocycles. The third kappa shape index (κ3) is 6.23. The molecule has 2 rings (SSSR count). The Bertz CT molecular complexity index is 859. The molecule has 0 aliphatic carbocycles. The summed E-state index contributed by atoms with van der Waals surface area (Å²) in [6.45, 7) is 7.40. The number of benzene rings is 2. The Balaban J connectivity index is 2.26. The zero-order valence-electron chi connectivity index (χ0n) is 16.3. The summed E-state index contributed by atoms with van der Waals surface area (Å²) in [5.74, 6) is -0.285. The van der Waals surface area contributed by atoms with Crippen LogP contribution in [0.1, 0.15) is 40.3 Å². The molecule has 1 unspecified atom stereocenters. The topological polar surface area (TPSA) is 83.8 Å². The van der Waals surface area contributed by atoms with Crippen molar-refractivity contribution in [1.29, 1.82) is 0 Å². The maximum Gasteiger partial charge on any atom is 0.310 e. The SMILES string of the molecule is CCOC(=O)Cc1cc(Cc2c(C)cc(CP(C)(=O)O)cc2C)ccc1O. The van der Waals surface area contributed by atoms with Crippen LogP contribution in [0.2, 0.25) is 0 Å². The molecule has 0 fully saturated rings. The number of phenols is 1. The number of esters is 1. The highest BCUT2D eigenvalue weighted by atomic mass is 31.2. The summed E-state index contributed by atoms with van der Waals surface area (Å²) in [5.41, 5.74) is 5.63. The monoisotopic (exact) mass is 390 g/mol. The van der Waals surface area contributed by atoms with E-state index in [4.69, 9.17) is 4.74 Å². The first-order valence-corrected chi connectivity index (χ1v) is 11.2. The minimum Gasteiger partial charge on any atom is -0.508 e. The Labute approximate surface area is 160 Å². The van der Waals surface area contributed by atoms with E-state index in [1.54, 1.807) is 13.0 Å². The van der Waals surface area contributed by atoms with Crippen molar-refractivity contribution in [3.63, 3.8) is 0 Å². The van der Waals surface area contributed by atoms with Crippen LogP contribution >= 0.6 is 7.37 Å². The Morgan fingerprint density at radius 3 is 2.30 bits per heavy atom. The molecule has 0 radical (unpaired) electrons. The molecule has 0 spiro atoms. The van der Waals surface area contributed by atoms with Crippen molar-refractivity contribution < 1.29 is 24.1 Å². The van der Waals surface area contributed by atoms with Gasteiger partial charge in [0.2, 0.25) is 7.37 Å². The van der Waals surface area contributed by atoms with Gasteiger partial charge in [0.15, 0.2) is 0 Å². The number of aryl methyl sites for hydroxylation is 2. The fourth-order valence-electron chi connectivity index (χ4n) is 3.25. The fraction of sp³-hybridized carbons (Fsp3) is 0.381. The van der Waals surface area contributed by atoms with Crippen molar-refractivity contribution >= 4 is 13.3 Å². The number of ether oxygens (including phenoxy) is 1. The van der Waals surface area contributed by atoms with E-state index in [2.05, 4.69) is 0 Å². The van der Waals surface area contributed by atoms with E-state index in [0.29, 0.717) is 18.6 Å². The minimum absolute atomic E-state index is 0.0344. The summed E-state index contributed by atoms with van der Waals surface area (Å²) >= 11 is 0. The third-order valence-electron chi connectivity index (χ3n) is 4.40. The second-order valence-electron chi connectivity index (χ2n) is 7.04. The molecular formula is C21H27O5P. The van der Waals surface area contributed by atoms with Crippen molar-refractivity contribution in [1.82, 2.24) is 0 Å². The molecule has 5 nitrogen and oxygen atoms in total. The molecule has 0 aliphatic rings. The summed E-state index contributed by atoms with van der Waals surface area (Å²) in [7, 11) is -3.11. The summed E-state index contributed by atoms with van der Waals surface area (Å²) in [6.07, 6.45) is 0.849. The molecule has 2 aromatic rings. The van der Waals surface area contributed by atoms with Crippen LogP contribution < -0.4 is 0 Å². The summed E-state index contributed by atoms with van der Waals surface area (Å²) in [5, 5.41) is 10.0. The normalized spacial score (nSPS) is 13.2. The van der Waals surface area contributed by atoms with E-state index in [1.807, 2.05) is 38.1 Å². The molecule has 0 amide bonds. The van der Waals surface area contributed by atoms with Crippen LogP contribution in [0.3, 0.4) is 0 Å². The predicted octanol–water partition coefficient (Wildman–Crippen LogP) is 4.11. The molecule has 6 heteroatoms. The van der Waals surface area contributed by atoms with Gasteiger partial charge in [-0.25, -0.2) is 0 Å². The van der Waals surface area contributed by atoms with E-state index in [9.17, 15) is 19.4 Å². The zero-order chi connectivity index (χ0) is 20.2. The second-order valence-corrected chi connectivity index (χ2v) is 9.46. The third-order valence-corrected chi connectivity index (χ3v) is 5.35. The quantitative estimate of drug-likeness (QED) is 0.549. The Morgan fingerprint density at radius 1 is 1.11 bits per heavy atom. The highest BCUT2D eigenvalue weighted by Gasteiger charge is 2.15. The lowest BCUT2D eigenvalue weighted by Gasteiger charge is -2.15. The smallest absolute Gasteiger partial charge is 0.310 e. The molecular weight excluding hydrogens is 363 g/mol. The first kappa shape index (κ1) is 21.2. The lowest BCUT2D eigenvalue weighted by Crippen LogP contribution is -2.08. The molecule has 0 aliphatic heterocycles. The van der Waals surface area contributed by atoms with E-state index in [0.717, 1.165) is 27.8 Å². The molecule has 2 aromatic carbocycles. The van der Waals surface area contributed by atoms with Gasteiger partial charge in [0.25, 0.3) is 0 Å². The molecule has 0 saturated carbocycles. The number of carbonyl (C=O) groups excluding carboxylic acids is 1. The van der Waals surface area contributed by atoms with E-state index in [1.165, 1.54) is 6.66 Å². The average molecular weight is 390 g/mol. The van der Waals surface area contributed by atoms with Crippen LogP contribution in [0, 0.1) is 13.8 Å². The number of hydrogen-bond acceptors (Lipinski definition) is 4. The van der Waals surface area contributed by atoms with E-state index in [-0.39, 0.29) is 24.3 Å². The first-order valence-electron chi connectivity index (χ1n) is 8.93. The maximum absolute atomic E-state index is 11.7. The highest BCUT2D eigenvalue weighted by Crippen LogP contribution is 2.40. The molecule has 0 saturated heterocycles. The van der Waals surface area contributed by atoms with Crippen molar-refractivity contribution in [2.45, 2.75) is 39.8 Å². The summed E-state index contributed by atoms with van der Waals surface area (Å²) in [6, 6.07) is 9.17. The van der Waals surface area contributed by atoms with E-state index >= 15 is 0 Å². The molecule has 27 heavy (non-hydrogen) atoms. The first-order chi connectivity index (χ1) is 12.6. The Morgan fingerprint density at radius 2 is 1.74 bits per heavy atom. The van der Waals surface area contributed by atoms with Gasteiger partial charge in [-0.1, -0.05) is 24.3 Å². The number of aromatic hydroxyl groups is 1. The maximum atomic E-state index is 11.7. The molecule has 146 valence electrons. The van der Waals surface area contributed by atoms with Crippen LogP contribution in [0.15, 0.2) is 30.3 Å². The number of hydrogen-bond donors (Lipinski definition) is 2. The van der Waals surface area contributed by atoms with Crippen LogP contribution in [-0.4, -0.2) is 29.2 Å². The average Bonchev–Trinajstić information content (AvgIpc) is 2.52. The summed E-state index contributed by atoms with van der Waals surface area (Å²) < 4.78 is 16.6. The Hall–Kier alpha value is -2.10. The molecule has 1 atom stereocenters. The second kappa shape index (κ2) is 8.73. The van der Waals surface area contributed by atoms with Gasteiger partial charge >= 0.3 is 5.97 Å². The number of rotatable bonds is 7. The van der Waals surface area contributed by atoms with Crippen molar-refractivity contribution in [2.24, 2.45) is 0 Å². The van der Waals surface area contributed by atoms with Gasteiger partial charge in [-0.05, 0) is 61.1 Å². The van der Waals surface area contributed by atoms with Gasteiger partial charge in [-0.3, -0.25) is 9.36 Å². The van der Waals surface area contributed by atoms with Gasteiger partial charge in [0.1, 0.15) is 5.75 Å². The zero-order valence-corrected chi connectivity index (χ0v) is 17.2. The van der Waals surface area contributed by atoms with Gasteiger partial charge in [-0.2, -0.15) is 0 Å². The minimum atomic E-state index is -3.11. The van der Waals surface area contributed by atoms with Gasteiger partial charge in [0, 0.05) is 18.4 Å². The van der Waals surface area contributed by atoms with Gasteiger partial charge in [0.05, 0.1) is 13.0 Å². The highest BCUT2D eigenvalue weighted by molar-refractivity contribution is 7.56. The van der Waals surface area contributed by atoms with Gasteiger partial charge in [-0.15, -0.1) is 0 Å². The summed E-state index contributed by atoms with van der Waals surface area (Å²) in [4.78, 5) is 21.3. The fourth-order valence-corrected chi connectivity index (χ4v) is 4.11. The number of carbonyl (C=O) groups is 1. The molecule has 2 N–H and O–H groups in total. The van der Waals surface area contributed by atoms with Crippen LogP contribution in [0.4, 0.5) is 0 Å².